The molecule has 2 fully saturated rings. The lowest BCUT2D eigenvalue weighted by Gasteiger charge is -2.40. The van der Waals surface area contributed by atoms with E-state index in [1.54, 1.807) is 0 Å². The smallest absolute Gasteiger partial charge is 0.0632 e. The van der Waals surface area contributed by atoms with Crippen molar-refractivity contribution in [1.82, 2.24) is 4.90 Å². The molecule has 1 heterocycles. The van der Waals surface area contributed by atoms with Crippen LogP contribution in [0.4, 0.5) is 0 Å². The third-order valence-electron chi connectivity index (χ3n) is 4.96. The molecule has 0 aromatic carbocycles. The highest BCUT2D eigenvalue weighted by atomic mass is 32.1. The van der Waals surface area contributed by atoms with Crippen LogP contribution >= 0.6 is 12.6 Å². The quantitative estimate of drug-likeness (QED) is 0.771. The van der Waals surface area contributed by atoms with Gasteiger partial charge in [0, 0.05) is 13.1 Å². The topological polar surface area (TPSA) is 23.5 Å². The Hall–Kier alpha value is 0.270. The molecular weight excluding hydrogens is 242 g/mol. The molecule has 1 atom stereocenters. The van der Waals surface area contributed by atoms with Crippen LogP contribution < -0.4 is 0 Å². The van der Waals surface area contributed by atoms with E-state index >= 15 is 0 Å². The van der Waals surface area contributed by atoms with Gasteiger partial charge in [0.05, 0.1) is 5.60 Å². The van der Waals surface area contributed by atoms with Gasteiger partial charge in [-0.3, -0.25) is 0 Å². The number of hydrogen-bond donors (Lipinski definition) is 2. The van der Waals surface area contributed by atoms with E-state index in [1.165, 1.54) is 38.6 Å². The van der Waals surface area contributed by atoms with Gasteiger partial charge in [-0.2, -0.15) is 12.6 Å². The Bertz CT molecular complexity index is 261. The predicted octanol–water partition coefficient (Wildman–Crippen LogP) is 3.10. The molecule has 3 heteroatoms. The van der Waals surface area contributed by atoms with Crippen molar-refractivity contribution in [2.24, 2.45) is 5.41 Å². The maximum absolute atomic E-state index is 10.2. The molecule has 2 nitrogen and oxygen atoms in total. The van der Waals surface area contributed by atoms with Gasteiger partial charge in [-0.15, -0.1) is 0 Å². The fraction of sp³-hybridized carbons (Fsp3) is 1.00. The number of nitrogens with zero attached hydrogens (tertiary/aromatic N) is 1. The Labute approximate surface area is 118 Å². The second-order valence-electron chi connectivity index (χ2n) is 6.85. The average molecular weight is 271 g/mol. The monoisotopic (exact) mass is 271 g/mol. The molecule has 1 saturated carbocycles. The van der Waals surface area contributed by atoms with Gasteiger partial charge in [0.2, 0.25) is 0 Å². The summed E-state index contributed by atoms with van der Waals surface area (Å²) in [6, 6.07) is 0. The van der Waals surface area contributed by atoms with Gasteiger partial charge >= 0.3 is 0 Å². The van der Waals surface area contributed by atoms with Gasteiger partial charge in [-0.05, 0) is 56.7 Å². The van der Waals surface area contributed by atoms with Gasteiger partial charge in [0.15, 0.2) is 0 Å². The molecule has 1 saturated heterocycles. The van der Waals surface area contributed by atoms with E-state index in [0.717, 1.165) is 38.1 Å². The van der Waals surface area contributed by atoms with Crippen LogP contribution in [0.15, 0.2) is 0 Å². The molecule has 0 radical (unpaired) electrons. The maximum atomic E-state index is 10.2. The van der Waals surface area contributed by atoms with Crippen molar-refractivity contribution in [3.8, 4) is 0 Å². The van der Waals surface area contributed by atoms with E-state index in [1.807, 2.05) is 6.92 Å². The van der Waals surface area contributed by atoms with E-state index in [9.17, 15) is 5.11 Å². The number of likely N-dealkylation sites (tertiary alicyclic amines) is 1. The fourth-order valence-electron chi connectivity index (χ4n) is 3.62. The zero-order valence-electron chi connectivity index (χ0n) is 11.8. The van der Waals surface area contributed by atoms with Crippen LogP contribution in [0.25, 0.3) is 0 Å². The fourth-order valence-corrected chi connectivity index (χ4v) is 4.04. The van der Waals surface area contributed by atoms with Crippen molar-refractivity contribution < 1.29 is 5.11 Å². The Morgan fingerprint density at radius 2 is 1.72 bits per heavy atom. The molecule has 0 aromatic rings. The van der Waals surface area contributed by atoms with E-state index in [4.69, 9.17) is 0 Å². The zero-order chi connectivity index (χ0) is 13.1. The van der Waals surface area contributed by atoms with Crippen molar-refractivity contribution in [2.45, 2.75) is 63.9 Å². The largest absolute Gasteiger partial charge is 0.390 e. The standard InChI is InChI=1S/C15H29NOS/c1-14(17)6-5-10-16(11-9-14)12-15(13-18)7-3-2-4-8-15/h17-18H,2-13H2,1H3. The summed E-state index contributed by atoms with van der Waals surface area (Å²) in [5.41, 5.74) is 0.0208. The molecular formula is C15H29NOS. The van der Waals surface area contributed by atoms with E-state index in [2.05, 4.69) is 17.5 Å². The SMILES string of the molecule is CC1(O)CCCN(CC2(CS)CCCCC2)CC1. The first-order valence-corrected chi connectivity index (χ1v) is 8.24. The summed E-state index contributed by atoms with van der Waals surface area (Å²) in [6.07, 6.45) is 9.89. The van der Waals surface area contributed by atoms with Gasteiger partial charge < -0.3 is 10.0 Å². The molecule has 1 unspecified atom stereocenters. The minimum Gasteiger partial charge on any atom is -0.390 e. The van der Waals surface area contributed by atoms with Gasteiger partial charge in [-0.25, -0.2) is 0 Å². The van der Waals surface area contributed by atoms with Crippen LogP contribution in [0.5, 0.6) is 0 Å². The van der Waals surface area contributed by atoms with Crippen LogP contribution in [0.3, 0.4) is 0 Å². The Morgan fingerprint density at radius 1 is 1.00 bits per heavy atom. The maximum Gasteiger partial charge on any atom is 0.0632 e. The third-order valence-corrected chi connectivity index (χ3v) is 5.64. The lowest BCUT2D eigenvalue weighted by molar-refractivity contribution is 0.0421. The van der Waals surface area contributed by atoms with Crippen LogP contribution in [-0.2, 0) is 0 Å². The molecule has 0 bridgehead atoms. The summed E-state index contributed by atoms with van der Waals surface area (Å²) in [5.74, 6) is 1.03. The summed E-state index contributed by atoms with van der Waals surface area (Å²) in [6.45, 7) is 5.41. The average Bonchev–Trinajstić information content (AvgIpc) is 2.52. The van der Waals surface area contributed by atoms with Crippen LogP contribution in [-0.4, -0.2) is 41.0 Å². The molecule has 18 heavy (non-hydrogen) atoms. The number of aliphatic hydroxyl groups is 1. The number of thiol groups is 1. The second-order valence-corrected chi connectivity index (χ2v) is 7.16. The highest BCUT2D eigenvalue weighted by Crippen LogP contribution is 2.38. The molecule has 1 N–H and O–H groups in total. The Morgan fingerprint density at radius 3 is 2.39 bits per heavy atom. The Balaban J connectivity index is 1.91. The molecule has 1 aliphatic carbocycles. The van der Waals surface area contributed by atoms with E-state index in [-0.39, 0.29) is 0 Å². The van der Waals surface area contributed by atoms with Crippen molar-refractivity contribution in [3.05, 3.63) is 0 Å². The van der Waals surface area contributed by atoms with Gasteiger partial charge in [-0.1, -0.05) is 19.3 Å². The van der Waals surface area contributed by atoms with Crippen molar-refractivity contribution in [1.29, 1.82) is 0 Å². The van der Waals surface area contributed by atoms with Gasteiger partial charge in [0.25, 0.3) is 0 Å². The number of rotatable bonds is 3. The summed E-state index contributed by atoms with van der Waals surface area (Å²) in [4.78, 5) is 2.59. The lowest BCUT2D eigenvalue weighted by atomic mass is 9.75. The molecule has 0 spiro atoms. The molecule has 0 amide bonds. The van der Waals surface area contributed by atoms with Crippen LogP contribution in [0.1, 0.15) is 58.3 Å². The van der Waals surface area contributed by atoms with E-state index < -0.39 is 5.60 Å². The molecule has 2 rings (SSSR count). The van der Waals surface area contributed by atoms with Crippen molar-refractivity contribution in [2.75, 3.05) is 25.4 Å². The lowest BCUT2D eigenvalue weighted by Crippen LogP contribution is -2.41. The van der Waals surface area contributed by atoms with Gasteiger partial charge in [0.1, 0.15) is 0 Å². The summed E-state index contributed by atoms with van der Waals surface area (Å²) >= 11 is 4.63. The predicted molar refractivity (Wildman–Crippen MR) is 80.3 cm³/mol. The first-order valence-electron chi connectivity index (χ1n) is 7.61. The molecule has 2 aliphatic rings. The first-order chi connectivity index (χ1) is 8.55. The highest BCUT2D eigenvalue weighted by molar-refractivity contribution is 7.80. The summed E-state index contributed by atoms with van der Waals surface area (Å²) < 4.78 is 0. The Kier molecular flexibility index (Phi) is 5.01. The summed E-state index contributed by atoms with van der Waals surface area (Å²) in [5, 5.41) is 10.2. The van der Waals surface area contributed by atoms with Crippen LogP contribution in [0, 0.1) is 5.41 Å². The summed E-state index contributed by atoms with van der Waals surface area (Å²) in [7, 11) is 0. The van der Waals surface area contributed by atoms with Crippen LogP contribution in [0.2, 0.25) is 0 Å². The third kappa shape index (κ3) is 3.88. The molecule has 1 aliphatic heterocycles. The first kappa shape index (κ1) is 14.7. The zero-order valence-corrected chi connectivity index (χ0v) is 12.7. The molecule has 0 aromatic heterocycles. The van der Waals surface area contributed by atoms with Crippen molar-refractivity contribution in [3.63, 3.8) is 0 Å². The minimum absolute atomic E-state index is 0.435. The van der Waals surface area contributed by atoms with E-state index in [0.29, 0.717) is 5.41 Å². The number of hydrogen-bond acceptors (Lipinski definition) is 3. The normalized spacial score (nSPS) is 34.2. The van der Waals surface area contributed by atoms with Crippen molar-refractivity contribution >= 4 is 12.6 Å². The second kappa shape index (κ2) is 6.15. The highest BCUT2D eigenvalue weighted by Gasteiger charge is 2.34. The molecule has 106 valence electrons. The minimum atomic E-state index is -0.435.